The zero-order chi connectivity index (χ0) is 16.8. The summed E-state index contributed by atoms with van der Waals surface area (Å²) in [6, 6.07) is 8.27. The fraction of sp³-hybridized carbons (Fsp3) is 0.133. The number of hydrogen-bond donors (Lipinski definition) is 3. The van der Waals surface area contributed by atoms with Crippen molar-refractivity contribution in [2.24, 2.45) is 0 Å². The minimum absolute atomic E-state index is 0.0109. The molecular formula is C15H14HgN3O3S. The van der Waals surface area contributed by atoms with E-state index in [1.807, 2.05) is 0 Å². The summed E-state index contributed by atoms with van der Waals surface area (Å²) in [5, 5.41) is 12.6. The maximum atomic E-state index is 11.9. The van der Waals surface area contributed by atoms with Crippen molar-refractivity contribution < 1.29 is 36.0 Å². The van der Waals surface area contributed by atoms with Gasteiger partial charge < -0.3 is 5.11 Å². The fourth-order valence-corrected chi connectivity index (χ4v) is 4.38. The predicted molar refractivity (Wildman–Crippen MR) is 86.6 cm³/mol. The SMILES string of the molecule is C=C(O)c1ccc(NC(=O)CCSc2n[c]([Hg])cc(=O)[nH]2)cc1. The Hall–Kier alpha value is -1.60. The maximum absolute atomic E-state index is 11.9. The van der Waals surface area contributed by atoms with Crippen molar-refractivity contribution in [2.75, 3.05) is 11.1 Å². The summed E-state index contributed by atoms with van der Waals surface area (Å²) in [5.74, 6) is 0.391. The number of anilines is 1. The molecule has 0 radical (unpaired) electrons. The number of thioether (sulfide) groups is 1. The van der Waals surface area contributed by atoms with Gasteiger partial charge in [-0.05, 0) is 0 Å². The van der Waals surface area contributed by atoms with Crippen LogP contribution >= 0.6 is 11.8 Å². The summed E-state index contributed by atoms with van der Waals surface area (Å²) >= 11 is 1.65. The average Bonchev–Trinajstić information content (AvgIpc) is 2.46. The van der Waals surface area contributed by atoms with E-state index in [1.165, 1.54) is 17.8 Å². The van der Waals surface area contributed by atoms with E-state index in [9.17, 15) is 14.7 Å². The van der Waals surface area contributed by atoms with Gasteiger partial charge in [-0.2, -0.15) is 0 Å². The molecule has 1 aromatic carbocycles. The summed E-state index contributed by atoms with van der Waals surface area (Å²) in [6.07, 6.45) is 0.304. The Balaban J connectivity index is 1.83. The van der Waals surface area contributed by atoms with Crippen molar-refractivity contribution in [1.82, 2.24) is 9.97 Å². The standard InChI is InChI=1S/C15H14N3O3S.Hg/c1-10(19)11-2-4-12(5-3-11)17-14(21)7-9-22-15-16-8-6-13(20)18-15;/h2-6,19H,1,7,9H2,(H,17,21)(H,16,18,20);. The monoisotopic (exact) mass is 518 g/mol. The van der Waals surface area contributed by atoms with Crippen LogP contribution in [0.1, 0.15) is 12.0 Å². The summed E-state index contributed by atoms with van der Waals surface area (Å²) in [5.41, 5.74) is 1.11. The second-order valence-corrected chi connectivity index (χ2v) is 8.61. The van der Waals surface area contributed by atoms with Crippen molar-refractivity contribution >= 4 is 32.3 Å². The Morgan fingerprint density at radius 3 is 2.70 bits per heavy atom. The van der Waals surface area contributed by atoms with E-state index in [2.05, 4.69) is 21.9 Å². The molecule has 0 aliphatic rings. The molecule has 2 aromatic rings. The van der Waals surface area contributed by atoms with E-state index in [0.717, 1.165) is 3.20 Å². The van der Waals surface area contributed by atoms with Crippen LogP contribution < -0.4 is 14.1 Å². The number of H-pyrrole nitrogens is 1. The molecule has 0 saturated heterocycles. The molecule has 1 amide bonds. The van der Waals surface area contributed by atoms with Gasteiger partial charge >= 0.3 is 136 Å². The zero-order valence-electron chi connectivity index (χ0n) is 12.3. The molecule has 0 aliphatic carbocycles. The van der Waals surface area contributed by atoms with Crippen LogP contribution in [0.4, 0.5) is 5.69 Å². The molecule has 1 heterocycles. The number of rotatable bonds is 6. The van der Waals surface area contributed by atoms with E-state index in [4.69, 9.17) is 0 Å². The molecule has 2 rings (SSSR count). The number of carbonyl (C=O) groups is 1. The van der Waals surface area contributed by atoms with Crippen molar-refractivity contribution in [1.29, 1.82) is 0 Å². The van der Waals surface area contributed by atoms with E-state index < -0.39 is 0 Å². The molecule has 3 N–H and O–H groups in total. The Morgan fingerprint density at radius 1 is 1.39 bits per heavy atom. The second kappa shape index (κ2) is 8.30. The zero-order valence-corrected chi connectivity index (χ0v) is 18.6. The summed E-state index contributed by atoms with van der Waals surface area (Å²) in [4.78, 5) is 30.1. The Morgan fingerprint density at radius 2 is 2.09 bits per heavy atom. The Kier molecular flexibility index (Phi) is 6.41. The molecule has 115 valence electrons. The number of aromatic nitrogens is 2. The van der Waals surface area contributed by atoms with Crippen molar-refractivity contribution in [3.8, 4) is 0 Å². The molecule has 0 aliphatic heterocycles. The van der Waals surface area contributed by atoms with Crippen LogP contribution in [-0.2, 0) is 30.9 Å². The van der Waals surface area contributed by atoms with Crippen molar-refractivity contribution in [2.45, 2.75) is 11.6 Å². The van der Waals surface area contributed by atoms with Gasteiger partial charge in [0.1, 0.15) is 5.76 Å². The number of aliphatic hydroxyl groups excluding tert-OH is 1. The van der Waals surface area contributed by atoms with Crippen LogP contribution in [0.2, 0.25) is 0 Å². The number of nitrogens with one attached hydrogen (secondary N) is 2. The number of aliphatic hydroxyl groups is 1. The minimum atomic E-state index is -0.150. The van der Waals surface area contributed by atoms with E-state index in [1.54, 1.807) is 24.3 Å². The molecule has 6 nitrogen and oxygen atoms in total. The number of benzene rings is 1. The van der Waals surface area contributed by atoms with Gasteiger partial charge in [0, 0.05) is 0 Å². The molecular weight excluding hydrogens is 503 g/mol. The molecule has 0 unspecified atom stereocenters. The topological polar surface area (TPSA) is 95.1 Å². The Labute approximate surface area is 153 Å². The van der Waals surface area contributed by atoms with Gasteiger partial charge in [0.15, 0.2) is 0 Å². The van der Waals surface area contributed by atoms with E-state index >= 15 is 0 Å². The van der Waals surface area contributed by atoms with Crippen LogP contribution in [0.25, 0.3) is 5.76 Å². The van der Waals surface area contributed by atoms with Gasteiger partial charge in [-0.1, -0.05) is 6.58 Å². The number of hydrogen-bond acceptors (Lipinski definition) is 5. The number of carbonyl (C=O) groups excluding carboxylic acids is 1. The van der Waals surface area contributed by atoms with Crippen LogP contribution in [0.15, 0.2) is 46.9 Å². The van der Waals surface area contributed by atoms with Crippen LogP contribution in [0, 0.1) is 0 Å². The summed E-state index contributed by atoms with van der Waals surface area (Å²) < 4.78 is 0.839. The van der Waals surface area contributed by atoms with Gasteiger partial charge in [0.05, 0.1) is 0 Å². The van der Waals surface area contributed by atoms with Crippen molar-refractivity contribution in [3.05, 3.63) is 52.8 Å². The number of nitrogens with zero attached hydrogens (tertiary/aromatic N) is 1. The van der Waals surface area contributed by atoms with Gasteiger partial charge in [-0.3, -0.25) is 0 Å². The third-order valence-electron chi connectivity index (χ3n) is 2.84. The summed E-state index contributed by atoms with van der Waals surface area (Å²) in [6.45, 7) is 3.44. The van der Waals surface area contributed by atoms with Crippen molar-refractivity contribution in [3.63, 3.8) is 0 Å². The molecule has 0 saturated carbocycles. The predicted octanol–water partition coefficient (Wildman–Crippen LogP) is 1.59. The van der Waals surface area contributed by atoms with Gasteiger partial charge in [-0.25, -0.2) is 0 Å². The summed E-state index contributed by atoms with van der Waals surface area (Å²) in [7, 11) is 0. The first-order valence-corrected chi connectivity index (χ1v) is 10.5. The first-order chi connectivity index (χ1) is 10.9. The molecule has 1 aromatic heterocycles. The molecule has 8 heteroatoms. The quantitative estimate of drug-likeness (QED) is 0.235. The van der Waals surface area contributed by atoms with Crippen LogP contribution in [0.3, 0.4) is 0 Å². The number of aromatic amines is 1. The van der Waals surface area contributed by atoms with E-state index in [0.29, 0.717) is 54.7 Å². The third kappa shape index (κ3) is 5.83. The molecule has 0 spiro atoms. The normalized spacial score (nSPS) is 10.3. The molecule has 0 atom stereocenters. The Bertz CT molecular complexity index is 774. The first kappa shape index (κ1) is 17.7. The van der Waals surface area contributed by atoms with Gasteiger partial charge in [-0.15, -0.1) is 0 Å². The molecule has 0 bridgehead atoms. The second-order valence-electron chi connectivity index (χ2n) is 4.71. The average molecular weight is 517 g/mol. The molecule has 23 heavy (non-hydrogen) atoms. The van der Waals surface area contributed by atoms with Gasteiger partial charge in [0.25, 0.3) is 0 Å². The fourth-order valence-electron chi connectivity index (χ4n) is 1.76. The third-order valence-corrected chi connectivity index (χ3v) is 5.13. The van der Waals surface area contributed by atoms with Crippen LogP contribution in [0.5, 0.6) is 0 Å². The van der Waals surface area contributed by atoms with Gasteiger partial charge in [0.2, 0.25) is 0 Å². The van der Waals surface area contributed by atoms with E-state index in [-0.39, 0.29) is 17.2 Å². The van der Waals surface area contributed by atoms with Crippen LogP contribution in [-0.4, -0.2) is 26.7 Å². The first-order valence-electron chi connectivity index (χ1n) is 6.78. The number of amides is 1. The molecule has 0 fully saturated rings.